The highest BCUT2D eigenvalue weighted by Gasteiger charge is 2.23. The number of nitrogens with zero attached hydrogens (tertiary/aromatic N) is 1. The van der Waals surface area contributed by atoms with E-state index in [2.05, 4.69) is 16.0 Å². The third-order valence-corrected chi connectivity index (χ3v) is 4.56. The highest BCUT2D eigenvalue weighted by atomic mass is 16.3. The average Bonchev–Trinajstić information content (AvgIpc) is 2.74. The SMILES string of the molecule is CN(C)CCCNC(=O)c1cccc(Nc2c(Nc3ccccc3)c(=O)c2=O)c1O. The number of rotatable bonds is 9. The molecule has 0 aromatic heterocycles. The molecule has 0 spiro atoms. The Kier molecular flexibility index (Phi) is 6.48. The molecule has 1 amide bonds. The summed E-state index contributed by atoms with van der Waals surface area (Å²) in [5, 5.41) is 19.0. The number of nitrogens with one attached hydrogen (secondary N) is 3. The smallest absolute Gasteiger partial charge is 0.255 e. The van der Waals surface area contributed by atoms with Crippen LogP contribution in [0.2, 0.25) is 0 Å². The van der Waals surface area contributed by atoms with Crippen molar-refractivity contribution in [2.24, 2.45) is 0 Å². The van der Waals surface area contributed by atoms with Gasteiger partial charge in [0.15, 0.2) is 5.75 Å². The Hall–Kier alpha value is -3.65. The van der Waals surface area contributed by atoms with Crippen molar-refractivity contribution < 1.29 is 9.90 Å². The van der Waals surface area contributed by atoms with E-state index in [0.717, 1.165) is 13.0 Å². The summed E-state index contributed by atoms with van der Waals surface area (Å²) in [6.07, 6.45) is 0.773. The number of hydrogen-bond donors (Lipinski definition) is 4. The molecule has 4 N–H and O–H groups in total. The van der Waals surface area contributed by atoms with Gasteiger partial charge in [-0.15, -0.1) is 0 Å². The first kappa shape index (κ1) is 21.1. The predicted molar refractivity (Wildman–Crippen MR) is 118 cm³/mol. The van der Waals surface area contributed by atoms with Crippen LogP contribution in [0.15, 0.2) is 58.1 Å². The van der Waals surface area contributed by atoms with E-state index in [1.54, 1.807) is 30.3 Å². The van der Waals surface area contributed by atoms with Crippen molar-refractivity contribution in [1.29, 1.82) is 0 Å². The molecule has 0 saturated heterocycles. The number of aromatic hydroxyl groups is 1. The molecular weight excluding hydrogens is 384 g/mol. The van der Waals surface area contributed by atoms with Crippen LogP contribution in [-0.2, 0) is 0 Å². The summed E-state index contributed by atoms with van der Waals surface area (Å²) < 4.78 is 0. The second-order valence-corrected chi connectivity index (χ2v) is 7.14. The second kappa shape index (κ2) is 9.23. The van der Waals surface area contributed by atoms with E-state index < -0.39 is 16.8 Å². The number of para-hydroxylation sites is 2. The first-order chi connectivity index (χ1) is 14.4. The van der Waals surface area contributed by atoms with Crippen molar-refractivity contribution in [3.8, 4) is 5.75 Å². The fourth-order valence-corrected chi connectivity index (χ4v) is 2.95. The largest absolute Gasteiger partial charge is 0.505 e. The molecule has 3 rings (SSSR count). The highest BCUT2D eigenvalue weighted by Crippen LogP contribution is 2.32. The van der Waals surface area contributed by atoms with Crippen molar-refractivity contribution in [2.75, 3.05) is 37.8 Å². The molecule has 0 saturated carbocycles. The number of hydrogen-bond acceptors (Lipinski definition) is 7. The van der Waals surface area contributed by atoms with E-state index in [9.17, 15) is 19.5 Å². The molecule has 0 radical (unpaired) electrons. The first-order valence-corrected chi connectivity index (χ1v) is 9.55. The summed E-state index contributed by atoms with van der Waals surface area (Å²) in [6.45, 7) is 1.30. The molecule has 156 valence electrons. The molecule has 30 heavy (non-hydrogen) atoms. The van der Waals surface area contributed by atoms with Gasteiger partial charge in [-0.1, -0.05) is 24.3 Å². The Bertz CT molecular complexity index is 1100. The van der Waals surface area contributed by atoms with Gasteiger partial charge in [-0.2, -0.15) is 0 Å². The molecule has 0 fully saturated rings. The summed E-state index contributed by atoms with van der Waals surface area (Å²) in [4.78, 5) is 38.4. The molecule has 3 aromatic rings. The maximum Gasteiger partial charge on any atom is 0.255 e. The van der Waals surface area contributed by atoms with E-state index in [1.807, 2.05) is 25.1 Å². The number of benzene rings is 2. The fourth-order valence-electron chi connectivity index (χ4n) is 2.95. The van der Waals surface area contributed by atoms with Crippen LogP contribution in [0.25, 0.3) is 0 Å². The minimum Gasteiger partial charge on any atom is -0.505 e. The zero-order chi connectivity index (χ0) is 21.7. The van der Waals surface area contributed by atoms with Crippen molar-refractivity contribution in [3.05, 3.63) is 74.5 Å². The lowest BCUT2D eigenvalue weighted by atomic mass is 10.1. The van der Waals surface area contributed by atoms with Gasteiger partial charge in [-0.05, 0) is 51.3 Å². The van der Waals surface area contributed by atoms with E-state index in [0.29, 0.717) is 12.2 Å². The Morgan fingerprint density at radius 3 is 2.27 bits per heavy atom. The maximum atomic E-state index is 12.4. The third-order valence-electron chi connectivity index (χ3n) is 4.56. The Morgan fingerprint density at radius 1 is 0.933 bits per heavy atom. The highest BCUT2D eigenvalue weighted by molar-refractivity contribution is 5.99. The second-order valence-electron chi connectivity index (χ2n) is 7.14. The van der Waals surface area contributed by atoms with Gasteiger partial charge in [0.2, 0.25) is 0 Å². The lowest BCUT2D eigenvalue weighted by Gasteiger charge is -2.17. The molecule has 0 aliphatic rings. The molecule has 0 bridgehead atoms. The summed E-state index contributed by atoms with van der Waals surface area (Å²) in [7, 11) is 3.90. The summed E-state index contributed by atoms with van der Waals surface area (Å²) in [5.74, 6) is -0.705. The van der Waals surface area contributed by atoms with Gasteiger partial charge in [-0.25, -0.2) is 0 Å². The van der Waals surface area contributed by atoms with Crippen LogP contribution in [0.1, 0.15) is 16.8 Å². The van der Waals surface area contributed by atoms with Gasteiger partial charge >= 0.3 is 0 Å². The predicted octanol–water partition coefficient (Wildman–Crippen LogP) is 2.16. The molecule has 0 aliphatic heterocycles. The molecule has 8 heteroatoms. The number of carbonyl (C=O) groups is 1. The van der Waals surface area contributed by atoms with Crippen molar-refractivity contribution in [3.63, 3.8) is 0 Å². The van der Waals surface area contributed by atoms with E-state index in [4.69, 9.17) is 0 Å². The van der Waals surface area contributed by atoms with Gasteiger partial charge in [-0.3, -0.25) is 14.4 Å². The van der Waals surface area contributed by atoms with Gasteiger partial charge in [0.05, 0.1) is 11.3 Å². The van der Waals surface area contributed by atoms with Crippen molar-refractivity contribution in [2.45, 2.75) is 6.42 Å². The molecule has 0 unspecified atom stereocenters. The summed E-state index contributed by atoms with van der Waals surface area (Å²) >= 11 is 0. The Morgan fingerprint density at radius 2 is 1.60 bits per heavy atom. The van der Waals surface area contributed by atoms with Gasteiger partial charge in [0.25, 0.3) is 16.8 Å². The van der Waals surface area contributed by atoms with Gasteiger partial charge in [0, 0.05) is 12.2 Å². The first-order valence-electron chi connectivity index (χ1n) is 9.55. The quantitative estimate of drug-likeness (QED) is 0.244. The van der Waals surface area contributed by atoms with Crippen LogP contribution in [0, 0.1) is 0 Å². The van der Waals surface area contributed by atoms with E-state index >= 15 is 0 Å². The lowest BCUT2D eigenvalue weighted by Crippen LogP contribution is -2.35. The number of carbonyl (C=O) groups excluding carboxylic acids is 1. The molecule has 8 nitrogen and oxygen atoms in total. The lowest BCUT2D eigenvalue weighted by molar-refractivity contribution is 0.0949. The fraction of sp³-hybridized carbons (Fsp3) is 0.227. The zero-order valence-electron chi connectivity index (χ0n) is 16.9. The average molecular weight is 408 g/mol. The van der Waals surface area contributed by atoms with Crippen LogP contribution in [0.4, 0.5) is 22.7 Å². The van der Waals surface area contributed by atoms with Crippen LogP contribution in [0.5, 0.6) is 5.75 Å². The number of amides is 1. The van der Waals surface area contributed by atoms with E-state index in [1.165, 1.54) is 12.1 Å². The minimum atomic E-state index is -0.689. The topological polar surface area (TPSA) is 111 Å². The maximum absolute atomic E-state index is 12.4. The van der Waals surface area contributed by atoms with Crippen molar-refractivity contribution in [1.82, 2.24) is 10.2 Å². The molecule has 0 atom stereocenters. The number of phenols is 1. The number of anilines is 4. The molecule has 3 aromatic carbocycles. The standard InChI is InChI=1S/C22H24N4O4/c1-26(2)13-7-12-23-22(30)15-10-6-11-16(19(15)27)25-18-17(20(28)21(18)29)24-14-8-4-3-5-9-14/h3-6,8-11,24-25,27H,7,12-13H2,1-2H3,(H,23,30). The van der Waals surface area contributed by atoms with Crippen LogP contribution in [0.3, 0.4) is 0 Å². The molecular formula is C22H24N4O4. The van der Waals surface area contributed by atoms with Crippen LogP contribution in [-0.4, -0.2) is 43.1 Å². The Labute approximate surface area is 173 Å². The normalized spacial score (nSPS) is 10.9. The van der Waals surface area contributed by atoms with Crippen molar-refractivity contribution >= 4 is 28.7 Å². The van der Waals surface area contributed by atoms with E-state index in [-0.39, 0.29) is 28.4 Å². The van der Waals surface area contributed by atoms with Gasteiger partial charge in [0.1, 0.15) is 11.4 Å². The molecule has 0 heterocycles. The summed E-state index contributed by atoms with van der Waals surface area (Å²) in [6, 6.07) is 13.6. The minimum absolute atomic E-state index is 0.0442. The molecule has 0 aliphatic carbocycles. The van der Waals surface area contributed by atoms with Crippen LogP contribution < -0.4 is 26.8 Å². The zero-order valence-corrected chi connectivity index (χ0v) is 16.9. The Balaban J connectivity index is 1.75. The number of phenolic OH excluding ortho intramolecular Hbond substituents is 1. The van der Waals surface area contributed by atoms with Crippen LogP contribution >= 0.6 is 0 Å². The van der Waals surface area contributed by atoms with Gasteiger partial charge < -0.3 is 26.0 Å². The monoisotopic (exact) mass is 408 g/mol. The third kappa shape index (κ3) is 4.66. The summed E-state index contributed by atoms with van der Waals surface area (Å²) in [5.41, 5.74) is -0.267.